The van der Waals surface area contributed by atoms with Gasteiger partial charge in [0.15, 0.2) is 0 Å². The Morgan fingerprint density at radius 1 is 0.931 bits per heavy atom. The van der Waals surface area contributed by atoms with Crippen LogP contribution in [0.3, 0.4) is 0 Å². The molecule has 0 N–H and O–H groups in total. The second-order valence-corrected chi connectivity index (χ2v) is 8.97. The third-order valence-corrected chi connectivity index (χ3v) is 6.03. The molecule has 0 aliphatic carbocycles. The monoisotopic (exact) mass is 392 g/mol. The second kappa shape index (κ2) is 9.52. The molecule has 2 aliphatic heterocycles. The number of nitrogens with zero attached hydrogens (tertiary/aromatic N) is 4. The number of hydrazine groups is 1. The highest BCUT2D eigenvalue weighted by Gasteiger charge is 2.25. The summed E-state index contributed by atoms with van der Waals surface area (Å²) in [5.41, 5.74) is 4.01. The zero-order chi connectivity index (χ0) is 20.9. The molecule has 29 heavy (non-hydrogen) atoms. The molecule has 2 saturated heterocycles. The van der Waals surface area contributed by atoms with Crippen molar-refractivity contribution in [2.75, 3.05) is 57.3 Å². The first-order chi connectivity index (χ1) is 13.9. The lowest BCUT2D eigenvalue weighted by molar-refractivity contribution is -0.0251. The Morgan fingerprint density at radius 2 is 1.55 bits per heavy atom. The fourth-order valence-electron chi connectivity index (χ4n) is 4.22. The Kier molecular flexibility index (Phi) is 7.05. The van der Waals surface area contributed by atoms with Gasteiger partial charge in [0.25, 0.3) is 0 Å². The maximum atomic E-state index is 5.46. The van der Waals surface area contributed by atoms with E-state index in [1.165, 1.54) is 11.3 Å². The molecular weight excluding hydrogens is 356 g/mol. The molecule has 2 heterocycles. The maximum absolute atomic E-state index is 5.46. The topological polar surface area (TPSA) is 13.0 Å². The highest BCUT2D eigenvalue weighted by Crippen LogP contribution is 2.25. The van der Waals surface area contributed by atoms with E-state index in [4.69, 9.17) is 6.42 Å². The molecular formula is C25H36N4. The average Bonchev–Trinajstić information content (AvgIpc) is 2.98. The largest absolute Gasteiger partial charge is 0.370 e. The Labute approximate surface area is 177 Å². The lowest BCUT2D eigenvalue weighted by atomic mass is 9.87. The summed E-state index contributed by atoms with van der Waals surface area (Å²) in [6.45, 7) is 19.2. The van der Waals surface area contributed by atoms with E-state index in [0.29, 0.717) is 0 Å². The highest BCUT2D eigenvalue weighted by atomic mass is 15.6. The Balaban J connectivity index is 1.54. The molecule has 0 bridgehead atoms. The summed E-state index contributed by atoms with van der Waals surface area (Å²) >= 11 is 0. The van der Waals surface area contributed by atoms with E-state index < -0.39 is 0 Å². The van der Waals surface area contributed by atoms with Crippen molar-refractivity contribution in [2.45, 2.75) is 32.6 Å². The number of hydrogen-bond donors (Lipinski definition) is 0. The summed E-state index contributed by atoms with van der Waals surface area (Å²) in [6, 6.07) is 9.14. The van der Waals surface area contributed by atoms with Crippen LogP contribution in [0.4, 0.5) is 5.69 Å². The van der Waals surface area contributed by atoms with Crippen molar-refractivity contribution in [3.63, 3.8) is 0 Å². The van der Waals surface area contributed by atoms with Gasteiger partial charge in [0.05, 0.1) is 0 Å². The first-order valence-electron chi connectivity index (χ1n) is 10.8. The molecule has 1 aromatic rings. The van der Waals surface area contributed by atoms with Crippen molar-refractivity contribution >= 4 is 5.69 Å². The van der Waals surface area contributed by atoms with E-state index in [1.807, 2.05) is 12.2 Å². The lowest BCUT2D eigenvalue weighted by Crippen LogP contribution is -2.54. The van der Waals surface area contributed by atoms with Crippen LogP contribution in [0.1, 0.15) is 32.8 Å². The van der Waals surface area contributed by atoms with Crippen LogP contribution in [0.15, 0.2) is 48.7 Å². The molecule has 0 radical (unpaired) electrons. The number of hydrogen-bond acceptors (Lipinski definition) is 4. The SMILES string of the molecule is C#C/C=C(\C=C)N1CCCN(N2CCN(c3ccc(C(C)(C)C)cc3)CC2)CC1. The minimum absolute atomic E-state index is 0.207. The van der Waals surface area contributed by atoms with Crippen molar-refractivity contribution in [1.29, 1.82) is 0 Å². The van der Waals surface area contributed by atoms with Gasteiger partial charge in [-0.3, -0.25) is 0 Å². The van der Waals surface area contributed by atoms with Gasteiger partial charge in [-0.15, -0.1) is 6.42 Å². The van der Waals surface area contributed by atoms with E-state index in [9.17, 15) is 0 Å². The quantitative estimate of drug-likeness (QED) is 0.572. The van der Waals surface area contributed by atoms with Crippen molar-refractivity contribution in [2.24, 2.45) is 0 Å². The predicted molar refractivity (Wildman–Crippen MR) is 124 cm³/mol. The van der Waals surface area contributed by atoms with E-state index in [0.717, 1.165) is 64.5 Å². The van der Waals surface area contributed by atoms with Gasteiger partial charge in [0, 0.05) is 69.8 Å². The molecule has 4 heteroatoms. The van der Waals surface area contributed by atoms with Gasteiger partial charge in [0.2, 0.25) is 0 Å². The Morgan fingerprint density at radius 3 is 2.14 bits per heavy atom. The molecule has 2 aliphatic rings. The summed E-state index contributed by atoms with van der Waals surface area (Å²) in [6.07, 6.45) is 10.3. The molecule has 0 saturated carbocycles. The van der Waals surface area contributed by atoms with Crippen LogP contribution in [0, 0.1) is 12.3 Å². The summed E-state index contributed by atoms with van der Waals surface area (Å²) < 4.78 is 0. The van der Waals surface area contributed by atoms with Gasteiger partial charge in [0.1, 0.15) is 0 Å². The number of benzene rings is 1. The number of piperazine rings is 1. The van der Waals surface area contributed by atoms with Gasteiger partial charge in [-0.05, 0) is 35.6 Å². The molecule has 1 aromatic carbocycles. The summed E-state index contributed by atoms with van der Waals surface area (Å²) in [5.74, 6) is 2.64. The van der Waals surface area contributed by atoms with Crippen molar-refractivity contribution in [3.8, 4) is 12.3 Å². The Hall–Kier alpha value is -2.22. The van der Waals surface area contributed by atoms with E-state index in [1.54, 1.807) is 0 Å². The first kappa shape index (κ1) is 21.5. The normalized spacial score (nSPS) is 20.3. The van der Waals surface area contributed by atoms with Crippen molar-refractivity contribution < 1.29 is 0 Å². The number of rotatable bonds is 4. The Bertz CT molecular complexity index is 743. The molecule has 4 nitrogen and oxygen atoms in total. The van der Waals surface area contributed by atoms with Crippen LogP contribution >= 0.6 is 0 Å². The van der Waals surface area contributed by atoms with Gasteiger partial charge >= 0.3 is 0 Å². The fourth-order valence-corrected chi connectivity index (χ4v) is 4.22. The lowest BCUT2D eigenvalue weighted by Gasteiger charge is -2.41. The van der Waals surface area contributed by atoms with E-state index in [-0.39, 0.29) is 5.41 Å². The van der Waals surface area contributed by atoms with Crippen LogP contribution in [-0.4, -0.2) is 67.3 Å². The van der Waals surface area contributed by atoms with Gasteiger partial charge in [-0.1, -0.05) is 45.4 Å². The molecule has 3 rings (SSSR count). The van der Waals surface area contributed by atoms with Crippen LogP contribution in [0.5, 0.6) is 0 Å². The van der Waals surface area contributed by atoms with Crippen LogP contribution in [0.2, 0.25) is 0 Å². The van der Waals surface area contributed by atoms with Gasteiger partial charge < -0.3 is 9.80 Å². The zero-order valence-electron chi connectivity index (χ0n) is 18.4. The first-order valence-corrected chi connectivity index (χ1v) is 10.8. The summed E-state index contributed by atoms with van der Waals surface area (Å²) in [4.78, 5) is 4.87. The van der Waals surface area contributed by atoms with E-state index >= 15 is 0 Å². The predicted octanol–water partition coefficient (Wildman–Crippen LogP) is 3.73. The third-order valence-electron chi connectivity index (χ3n) is 6.03. The van der Waals surface area contributed by atoms with Crippen LogP contribution < -0.4 is 4.90 Å². The highest BCUT2D eigenvalue weighted by molar-refractivity contribution is 5.49. The van der Waals surface area contributed by atoms with Crippen LogP contribution in [-0.2, 0) is 5.41 Å². The molecule has 0 aromatic heterocycles. The molecule has 0 atom stereocenters. The number of allylic oxidation sites excluding steroid dienone is 2. The minimum atomic E-state index is 0.207. The van der Waals surface area contributed by atoms with E-state index in [2.05, 4.69) is 77.4 Å². The maximum Gasteiger partial charge on any atom is 0.0445 e. The van der Waals surface area contributed by atoms with Gasteiger partial charge in [-0.25, -0.2) is 10.0 Å². The second-order valence-electron chi connectivity index (χ2n) is 8.97. The molecule has 0 spiro atoms. The van der Waals surface area contributed by atoms with Crippen molar-refractivity contribution in [3.05, 3.63) is 54.3 Å². The summed E-state index contributed by atoms with van der Waals surface area (Å²) in [5, 5.41) is 5.08. The average molecular weight is 393 g/mol. The molecule has 0 amide bonds. The molecule has 0 unspecified atom stereocenters. The van der Waals surface area contributed by atoms with Crippen molar-refractivity contribution in [1.82, 2.24) is 14.9 Å². The minimum Gasteiger partial charge on any atom is -0.370 e. The standard InChI is InChI=1S/C25H36N4/c1-6-9-23(7-2)26-14-8-15-28(19-16-26)29-20-17-27(18-21-29)24-12-10-22(11-13-24)25(3,4)5/h1,7,9-13H,2,8,14-21H2,3-5H3/b23-9+. The zero-order valence-corrected chi connectivity index (χ0v) is 18.4. The summed E-state index contributed by atoms with van der Waals surface area (Å²) in [7, 11) is 0. The smallest absolute Gasteiger partial charge is 0.0445 e. The third kappa shape index (κ3) is 5.44. The van der Waals surface area contributed by atoms with Gasteiger partial charge in [-0.2, -0.15) is 0 Å². The fraction of sp³-hybridized carbons (Fsp3) is 0.520. The number of anilines is 1. The molecule has 2 fully saturated rings. The number of terminal acetylenes is 1. The molecule has 156 valence electrons. The van der Waals surface area contributed by atoms with Crippen LogP contribution in [0.25, 0.3) is 0 Å².